The van der Waals surface area contributed by atoms with Crippen LogP contribution >= 0.6 is 0 Å². The van der Waals surface area contributed by atoms with E-state index in [2.05, 4.69) is 10.3 Å². The number of ether oxygens (including phenoxy) is 1. The molecule has 0 radical (unpaired) electrons. The minimum atomic E-state index is 0.00608. The van der Waals surface area contributed by atoms with Gasteiger partial charge in [0.25, 0.3) is 5.56 Å². The predicted molar refractivity (Wildman–Crippen MR) is 97.1 cm³/mol. The Balaban J connectivity index is 1.23. The molecule has 4 rings (SSSR count). The van der Waals surface area contributed by atoms with Gasteiger partial charge in [-0.3, -0.25) is 9.36 Å². The Bertz CT molecular complexity index is 686. The maximum absolute atomic E-state index is 12.3. The molecule has 3 fully saturated rings. The molecule has 0 spiro atoms. The van der Waals surface area contributed by atoms with Gasteiger partial charge in [0.1, 0.15) is 0 Å². The summed E-state index contributed by atoms with van der Waals surface area (Å²) in [5.74, 6) is 0.928. The fourth-order valence-corrected chi connectivity index (χ4v) is 3.89. The second-order valence-electron chi connectivity index (χ2n) is 7.83. The molecule has 1 saturated carbocycles. The van der Waals surface area contributed by atoms with Crippen LogP contribution in [0, 0.1) is 5.92 Å². The van der Waals surface area contributed by atoms with E-state index in [-0.39, 0.29) is 17.7 Å². The lowest BCUT2D eigenvalue weighted by atomic mass is 9.97. The molecule has 2 aliphatic heterocycles. The topological polar surface area (TPSA) is 76.5 Å². The molecular weight excluding hydrogens is 332 g/mol. The van der Waals surface area contributed by atoms with Gasteiger partial charge < -0.3 is 15.0 Å². The zero-order valence-corrected chi connectivity index (χ0v) is 15.2. The quantitative estimate of drug-likeness (QED) is 0.867. The van der Waals surface area contributed by atoms with Crippen LogP contribution in [0.15, 0.2) is 17.2 Å². The number of urea groups is 1. The number of nitrogens with one attached hydrogen (secondary N) is 1. The summed E-state index contributed by atoms with van der Waals surface area (Å²) in [4.78, 5) is 30.9. The lowest BCUT2D eigenvalue weighted by Gasteiger charge is -2.32. The van der Waals surface area contributed by atoms with E-state index < -0.39 is 0 Å². The number of likely N-dealkylation sites (tertiary alicyclic amines) is 1. The molecule has 142 valence electrons. The van der Waals surface area contributed by atoms with Gasteiger partial charge >= 0.3 is 6.03 Å². The molecule has 1 aliphatic carbocycles. The van der Waals surface area contributed by atoms with E-state index in [1.807, 2.05) is 4.90 Å². The summed E-state index contributed by atoms with van der Waals surface area (Å²) in [6.45, 7) is 3.59. The third kappa shape index (κ3) is 4.26. The molecule has 1 aromatic heterocycles. The molecule has 0 bridgehead atoms. The molecule has 0 aromatic carbocycles. The van der Waals surface area contributed by atoms with Crippen LogP contribution < -0.4 is 10.9 Å². The Morgan fingerprint density at radius 3 is 2.69 bits per heavy atom. The summed E-state index contributed by atoms with van der Waals surface area (Å²) < 4.78 is 7.27. The number of carbonyl (C=O) groups is 1. The molecular formula is C19H28N4O3. The zero-order valence-electron chi connectivity index (χ0n) is 15.2. The first-order valence-corrected chi connectivity index (χ1v) is 9.90. The van der Waals surface area contributed by atoms with E-state index in [1.54, 1.807) is 17.0 Å². The highest BCUT2D eigenvalue weighted by molar-refractivity contribution is 5.74. The van der Waals surface area contributed by atoms with Gasteiger partial charge in [-0.05, 0) is 44.4 Å². The zero-order chi connectivity index (χ0) is 17.9. The van der Waals surface area contributed by atoms with Gasteiger partial charge in [0, 0.05) is 44.8 Å². The van der Waals surface area contributed by atoms with Gasteiger partial charge in [0.05, 0.1) is 18.1 Å². The van der Waals surface area contributed by atoms with Gasteiger partial charge in [-0.25, -0.2) is 9.78 Å². The van der Waals surface area contributed by atoms with Crippen LogP contribution in [0.5, 0.6) is 0 Å². The normalized spacial score (nSPS) is 24.0. The summed E-state index contributed by atoms with van der Waals surface area (Å²) >= 11 is 0. The first-order valence-electron chi connectivity index (χ1n) is 9.90. The van der Waals surface area contributed by atoms with Crippen molar-refractivity contribution in [2.24, 2.45) is 5.92 Å². The van der Waals surface area contributed by atoms with E-state index in [1.165, 1.54) is 0 Å². The van der Waals surface area contributed by atoms with Crippen molar-refractivity contribution in [1.29, 1.82) is 0 Å². The molecule has 1 aromatic rings. The van der Waals surface area contributed by atoms with E-state index in [0.29, 0.717) is 24.9 Å². The number of hydrogen-bond donors (Lipinski definition) is 1. The summed E-state index contributed by atoms with van der Waals surface area (Å²) in [5, 5.41) is 2.99. The summed E-state index contributed by atoms with van der Waals surface area (Å²) in [5.41, 5.74) is 1.00. The van der Waals surface area contributed by atoms with E-state index >= 15 is 0 Å². The van der Waals surface area contributed by atoms with Gasteiger partial charge in [0.15, 0.2) is 0 Å². The average Bonchev–Trinajstić information content (AvgIpc) is 3.38. The fourth-order valence-electron chi connectivity index (χ4n) is 3.89. The maximum atomic E-state index is 12.3. The molecule has 1 unspecified atom stereocenters. The van der Waals surface area contributed by atoms with E-state index in [4.69, 9.17) is 4.74 Å². The van der Waals surface area contributed by atoms with Crippen molar-refractivity contribution in [1.82, 2.24) is 19.8 Å². The van der Waals surface area contributed by atoms with Gasteiger partial charge in [-0.2, -0.15) is 0 Å². The van der Waals surface area contributed by atoms with E-state index in [9.17, 15) is 9.59 Å². The van der Waals surface area contributed by atoms with Gasteiger partial charge in [-0.1, -0.05) is 0 Å². The lowest BCUT2D eigenvalue weighted by molar-refractivity contribution is 0.107. The standard InChI is InChI=1S/C19H28N4O3/c24-18-10-17(15-3-4-15)21-13-23(18)12-14-5-7-22(8-6-14)19(25)20-11-16-2-1-9-26-16/h10,13-16H,1-9,11-12H2,(H,20,25). The number of piperidine rings is 1. The number of amides is 2. The van der Waals surface area contributed by atoms with Crippen molar-refractivity contribution in [2.75, 3.05) is 26.2 Å². The predicted octanol–water partition coefficient (Wildman–Crippen LogP) is 1.72. The number of aromatic nitrogens is 2. The Hall–Kier alpha value is -1.89. The Morgan fingerprint density at radius 1 is 1.23 bits per heavy atom. The third-order valence-corrected chi connectivity index (χ3v) is 5.76. The van der Waals surface area contributed by atoms with Crippen LogP contribution in [0.3, 0.4) is 0 Å². The van der Waals surface area contributed by atoms with Crippen LogP contribution in [0.1, 0.15) is 50.1 Å². The maximum Gasteiger partial charge on any atom is 0.317 e. The molecule has 3 aliphatic rings. The van der Waals surface area contributed by atoms with Gasteiger partial charge in [0.2, 0.25) is 0 Å². The minimum Gasteiger partial charge on any atom is -0.376 e. The first kappa shape index (κ1) is 17.5. The molecule has 1 N–H and O–H groups in total. The largest absolute Gasteiger partial charge is 0.376 e. The van der Waals surface area contributed by atoms with Crippen LogP contribution in [0.25, 0.3) is 0 Å². The van der Waals surface area contributed by atoms with Crippen LogP contribution in [-0.2, 0) is 11.3 Å². The summed E-state index contributed by atoms with van der Waals surface area (Å²) in [6, 6.07) is 1.71. The van der Waals surface area contributed by atoms with Crippen molar-refractivity contribution in [2.45, 2.75) is 57.1 Å². The second kappa shape index (κ2) is 7.78. The number of hydrogen-bond acceptors (Lipinski definition) is 4. The average molecular weight is 360 g/mol. The molecule has 1 atom stereocenters. The number of rotatable bonds is 5. The monoisotopic (exact) mass is 360 g/mol. The van der Waals surface area contributed by atoms with Crippen molar-refractivity contribution < 1.29 is 9.53 Å². The van der Waals surface area contributed by atoms with Crippen LogP contribution in [-0.4, -0.2) is 52.8 Å². The highest BCUT2D eigenvalue weighted by atomic mass is 16.5. The lowest BCUT2D eigenvalue weighted by Crippen LogP contribution is -2.46. The fraction of sp³-hybridized carbons (Fsp3) is 0.737. The second-order valence-corrected chi connectivity index (χ2v) is 7.83. The molecule has 2 amide bonds. The molecule has 26 heavy (non-hydrogen) atoms. The van der Waals surface area contributed by atoms with E-state index in [0.717, 1.165) is 63.9 Å². The Labute approximate surface area is 153 Å². The Morgan fingerprint density at radius 2 is 2.04 bits per heavy atom. The van der Waals surface area contributed by atoms with Crippen molar-refractivity contribution in [3.8, 4) is 0 Å². The van der Waals surface area contributed by atoms with Gasteiger partial charge in [-0.15, -0.1) is 0 Å². The first-order chi connectivity index (χ1) is 12.7. The SMILES string of the molecule is O=C(NCC1CCCO1)N1CCC(Cn2cnc(C3CC3)cc2=O)CC1. The van der Waals surface area contributed by atoms with Crippen LogP contribution in [0.4, 0.5) is 4.79 Å². The molecule has 7 nitrogen and oxygen atoms in total. The number of carbonyl (C=O) groups excluding carboxylic acids is 1. The molecule has 3 heterocycles. The Kier molecular flexibility index (Phi) is 5.24. The summed E-state index contributed by atoms with van der Waals surface area (Å²) in [6.07, 6.45) is 8.15. The number of nitrogens with zero attached hydrogens (tertiary/aromatic N) is 3. The van der Waals surface area contributed by atoms with Crippen molar-refractivity contribution in [3.05, 3.63) is 28.4 Å². The smallest absolute Gasteiger partial charge is 0.317 e. The highest BCUT2D eigenvalue weighted by Gasteiger charge is 2.27. The van der Waals surface area contributed by atoms with Crippen LogP contribution in [0.2, 0.25) is 0 Å². The summed E-state index contributed by atoms with van der Waals surface area (Å²) in [7, 11) is 0. The minimum absolute atomic E-state index is 0.00608. The van der Waals surface area contributed by atoms with Crippen molar-refractivity contribution in [3.63, 3.8) is 0 Å². The highest BCUT2D eigenvalue weighted by Crippen LogP contribution is 2.38. The third-order valence-electron chi connectivity index (χ3n) is 5.76. The van der Waals surface area contributed by atoms with Crippen molar-refractivity contribution >= 4 is 6.03 Å². The molecule has 7 heteroatoms. The molecule has 2 saturated heterocycles.